The molecule has 0 aliphatic heterocycles. The minimum atomic E-state index is -0.344. The fourth-order valence-corrected chi connectivity index (χ4v) is 2.03. The van der Waals surface area contributed by atoms with E-state index in [4.69, 9.17) is 9.84 Å². The van der Waals surface area contributed by atoms with E-state index >= 15 is 0 Å². The average molecular weight is 344 g/mol. The maximum absolute atomic E-state index is 11.9. The number of ether oxygens (including phenoxy) is 1. The molecular formula is C15H22BrNO3. The Morgan fingerprint density at radius 3 is 2.60 bits per heavy atom. The van der Waals surface area contributed by atoms with Gasteiger partial charge in [0.1, 0.15) is 5.75 Å². The minimum Gasteiger partial charge on any atom is -0.493 e. The van der Waals surface area contributed by atoms with Gasteiger partial charge in [-0.1, -0.05) is 22.9 Å². The summed E-state index contributed by atoms with van der Waals surface area (Å²) in [6.45, 7) is 4.34. The van der Waals surface area contributed by atoms with Crippen molar-refractivity contribution in [3.63, 3.8) is 0 Å². The lowest BCUT2D eigenvalue weighted by Crippen LogP contribution is -2.46. The normalized spacial score (nSPS) is 13.6. The highest BCUT2D eigenvalue weighted by Crippen LogP contribution is 2.16. The zero-order chi connectivity index (χ0) is 15.0. The molecule has 1 aromatic rings. The predicted octanol–water partition coefficient (Wildman–Crippen LogP) is 2.89. The Morgan fingerprint density at radius 2 is 2.05 bits per heavy atom. The van der Waals surface area contributed by atoms with Crippen LogP contribution in [0.25, 0.3) is 0 Å². The SMILES string of the molecule is CCC(C)(CCO)NC(=O)CCOc1ccc(Br)cc1. The molecule has 5 heteroatoms. The second kappa shape index (κ2) is 8.27. The quantitative estimate of drug-likeness (QED) is 0.762. The Labute approximate surface area is 128 Å². The third kappa shape index (κ3) is 5.92. The number of hydrogen-bond acceptors (Lipinski definition) is 3. The van der Waals surface area contributed by atoms with Crippen LogP contribution in [0.4, 0.5) is 0 Å². The molecule has 4 nitrogen and oxygen atoms in total. The summed E-state index contributed by atoms with van der Waals surface area (Å²) in [6, 6.07) is 7.49. The van der Waals surface area contributed by atoms with Crippen LogP contribution in [0.2, 0.25) is 0 Å². The molecule has 0 heterocycles. The van der Waals surface area contributed by atoms with E-state index in [2.05, 4.69) is 21.2 Å². The third-order valence-corrected chi connectivity index (χ3v) is 3.83. The van der Waals surface area contributed by atoms with Crippen molar-refractivity contribution in [2.75, 3.05) is 13.2 Å². The van der Waals surface area contributed by atoms with Crippen LogP contribution in [0.3, 0.4) is 0 Å². The monoisotopic (exact) mass is 343 g/mol. The number of rotatable bonds is 8. The summed E-state index contributed by atoms with van der Waals surface area (Å²) in [5.41, 5.74) is -0.344. The number of aliphatic hydroxyl groups is 1. The highest BCUT2D eigenvalue weighted by Gasteiger charge is 2.23. The van der Waals surface area contributed by atoms with Crippen molar-refractivity contribution in [1.82, 2.24) is 5.32 Å². The first kappa shape index (κ1) is 17.0. The Kier molecular flexibility index (Phi) is 7.02. The molecule has 20 heavy (non-hydrogen) atoms. The zero-order valence-corrected chi connectivity index (χ0v) is 13.6. The largest absolute Gasteiger partial charge is 0.493 e. The Bertz CT molecular complexity index is 422. The standard InChI is InChI=1S/C15H22BrNO3/c1-3-15(2,9-10-18)17-14(19)8-11-20-13-6-4-12(16)5-7-13/h4-7,18H,3,8-11H2,1-2H3,(H,17,19). The van der Waals surface area contributed by atoms with Gasteiger partial charge in [-0.25, -0.2) is 0 Å². The Hall–Kier alpha value is -1.07. The molecule has 0 saturated carbocycles. The van der Waals surface area contributed by atoms with E-state index in [1.165, 1.54) is 0 Å². The second-order valence-corrected chi connectivity index (χ2v) is 5.90. The molecule has 0 saturated heterocycles. The molecule has 1 atom stereocenters. The van der Waals surface area contributed by atoms with E-state index < -0.39 is 0 Å². The summed E-state index contributed by atoms with van der Waals surface area (Å²) in [5, 5.41) is 12.0. The molecule has 2 N–H and O–H groups in total. The second-order valence-electron chi connectivity index (χ2n) is 4.99. The molecule has 0 aliphatic rings. The van der Waals surface area contributed by atoms with Gasteiger partial charge in [0.15, 0.2) is 0 Å². The minimum absolute atomic E-state index is 0.0556. The molecule has 0 aromatic heterocycles. The predicted molar refractivity (Wildman–Crippen MR) is 82.8 cm³/mol. The van der Waals surface area contributed by atoms with Gasteiger partial charge in [0, 0.05) is 16.6 Å². The molecule has 1 unspecified atom stereocenters. The summed E-state index contributed by atoms with van der Waals surface area (Å²) in [5.74, 6) is 0.689. The van der Waals surface area contributed by atoms with Crippen LogP contribution in [0, 0.1) is 0 Å². The van der Waals surface area contributed by atoms with E-state index in [0.29, 0.717) is 19.4 Å². The van der Waals surface area contributed by atoms with Crippen LogP contribution in [-0.4, -0.2) is 29.8 Å². The third-order valence-electron chi connectivity index (χ3n) is 3.30. The summed E-state index contributed by atoms with van der Waals surface area (Å²) in [4.78, 5) is 11.9. The number of amides is 1. The fraction of sp³-hybridized carbons (Fsp3) is 0.533. The molecule has 0 bridgehead atoms. The average Bonchev–Trinajstić information content (AvgIpc) is 2.41. The van der Waals surface area contributed by atoms with Gasteiger partial charge in [-0.05, 0) is 44.0 Å². The van der Waals surface area contributed by atoms with E-state index in [1.807, 2.05) is 38.1 Å². The Balaban J connectivity index is 2.34. The van der Waals surface area contributed by atoms with Crippen LogP contribution < -0.4 is 10.1 Å². The smallest absolute Gasteiger partial charge is 0.223 e. The number of halogens is 1. The van der Waals surface area contributed by atoms with Crippen LogP contribution in [0.15, 0.2) is 28.7 Å². The van der Waals surface area contributed by atoms with Crippen molar-refractivity contribution in [3.8, 4) is 5.75 Å². The number of aliphatic hydroxyl groups excluding tert-OH is 1. The van der Waals surface area contributed by atoms with E-state index in [-0.39, 0.29) is 18.1 Å². The van der Waals surface area contributed by atoms with E-state index in [9.17, 15) is 4.79 Å². The zero-order valence-electron chi connectivity index (χ0n) is 12.0. The number of carbonyl (C=O) groups is 1. The van der Waals surface area contributed by atoms with Crippen molar-refractivity contribution >= 4 is 21.8 Å². The molecule has 1 aromatic carbocycles. The van der Waals surface area contributed by atoms with E-state index in [0.717, 1.165) is 16.6 Å². The van der Waals surface area contributed by atoms with Crippen molar-refractivity contribution in [3.05, 3.63) is 28.7 Å². The van der Waals surface area contributed by atoms with Crippen LogP contribution >= 0.6 is 15.9 Å². The van der Waals surface area contributed by atoms with E-state index in [1.54, 1.807) is 0 Å². The lowest BCUT2D eigenvalue weighted by atomic mass is 9.95. The Morgan fingerprint density at radius 1 is 1.40 bits per heavy atom. The summed E-state index contributed by atoms with van der Waals surface area (Å²) < 4.78 is 6.50. The molecule has 1 amide bonds. The maximum Gasteiger partial charge on any atom is 0.223 e. The molecule has 112 valence electrons. The number of benzene rings is 1. The van der Waals surface area contributed by atoms with Gasteiger partial charge < -0.3 is 15.2 Å². The first-order valence-electron chi connectivity index (χ1n) is 6.79. The van der Waals surface area contributed by atoms with Gasteiger partial charge in [-0.3, -0.25) is 4.79 Å². The molecule has 0 fully saturated rings. The topological polar surface area (TPSA) is 58.6 Å². The van der Waals surface area contributed by atoms with Gasteiger partial charge >= 0.3 is 0 Å². The first-order chi connectivity index (χ1) is 9.49. The number of carbonyl (C=O) groups excluding carboxylic acids is 1. The van der Waals surface area contributed by atoms with Gasteiger partial charge in [0.2, 0.25) is 5.91 Å². The van der Waals surface area contributed by atoms with Gasteiger partial charge in [-0.15, -0.1) is 0 Å². The molecule has 0 spiro atoms. The van der Waals surface area contributed by atoms with Crippen LogP contribution in [-0.2, 0) is 4.79 Å². The molecule has 1 rings (SSSR count). The summed E-state index contributed by atoms with van der Waals surface area (Å²) >= 11 is 3.35. The fourth-order valence-electron chi connectivity index (χ4n) is 1.77. The van der Waals surface area contributed by atoms with Crippen molar-refractivity contribution in [1.29, 1.82) is 0 Å². The summed E-state index contributed by atoms with van der Waals surface area (Å²) in [7, 11) is 0. The lowest BCUT2D eigenvalue weighted by Gasteiger charge is -2.29. The first-order valence-corrected chi connectivity index (χ1v) is 7.58. The maximum atomic E-state index is 11.9. The molecule has 0 radical (unpaired) electrons. The lowest BCUT2D eigenvalue weighted by molar-refractivity contribution is -0.123. The molecular weight excluding hydrogens is 322 g/mol. The molecule has 0 aliphatic carbocycles. The van der Waals surface area contributed by atoms with Crippen molar-refractivity contribution in [2.45, 2.75) is 38.6 Å². The van der Waals surface area contributed by atoms with Crippen molar-refractivity contribution < 1.29 is 14.6 Å². The van der Waals surface area contributed by atoms with Crippen LogP contribution in [0.1, 0.15) is 33.1 Å². The number of hydrogen-bond donors (Lipinski definition) is 2. The highest BCUT2D eigenvalue weighted by molar-refractivity contribution is 9.10. The van der Waals surface area contributed by atoms with Crippen molar-refractivity contribution in [2.24, 2.45) is 0 Å². The summed E-state index contributed by atoms with van der Waals surface area (Å²) in [6.07, 6.45) is 1.65. The highest BCUT2D eigenvalue weighted by atomic mass is 79.9. The number of nitrogens with one attached hydrogen (secondary N) is 1. The van der Waals surface area contributed by atoms with Gasteiger partial charge in [0.05, 0.1) is 13.0 Å². The van der Waals surface area contributed by atoms with Crippen LogP contribution in [0.5, 0.6) is 5.75 Å². The van der Waals surface area contributed by atoms with Gasteiger partial charge in [0.25, 0.3) is 0 Å². The van der Waals surface area contributed by atoms with Gasteiger partial charge in [-0.2, -0.15) is 0 Å².